The van der Waals surface area contributed by atoms with Gasteiger partial charge in [-0.2, -0.15) is 23.4 Å². The molecule has 11 heteroatoms. The van der Waals surface area contributed by atoms with Crippen molar-refractivity contribution >= 4 is 29.0 Å². The van der Waals surface area contributed by atoms with Crippen LogP contribution in [0.1, 0.15) is 50.2 Å². The fourth-order valence-electron chi connectivity index (χ4n) is 4.77. The minimum Gasteiger partial charge on any atom is -0.370 e. The molecule has 37 heavy (non-hydrogen) atoms. The second-order valence-electron chi connectivity index (χ2n) is 9.45. The minimum atomic E-state index is -4.60. The molecule has 1 amide bonds. The van der Waals surface area contributed by atoms with Crippen molar-refractivity contribution in [2.45, 2.75) is 51.6 Å². The highest BCUT2D eigenvalue weighted by Gasteiger charge is 2.35. The maximum Gasteiger partial charge on any atom is 0.421 e. The summed E-state index contributed by atoms with van der Waals surface area (Å²) in [5.74, 6) is -0.100. The predicted octanol–water partition coefficient (Wildman–Crippen LogP) is 4.97. The van der Waals surface area contributed by atoms with Gasteiger partial charge >= 0.3 is 6.18 Å². The first-order valence-corrected chi connectivity index (χ1v) is 12.8. The van der Waals surface area contributed by atoms with Gasteiger partial charge in [-0.25, -0.2) is 4.98 Å². The van der Waals surface area contributed by atoms with E-state index in [-0.39, 0.29) is 30.1 Å². The highest BCUT2D eigenvalue weighted by molar-refractivity contribution is 5.76. The average molecular weight is 516 g/mol. The Labute approximate surface area is 214 Å². The van der Waals surface area contributed by atoms with Gasteiger partial charge in [-0.3, -0.25) is 4.79 Å². The number of hydrogen-bond donors (Lipinski definition) is 2. The van der Waals surface area contributed by atoms with Crippen molar-refractivity contribution in [2.75, 3.05) is 48.3 Å². The van der Waals surface area contributed by atoms with Gasteiger partial charge in [0.15, 0.2) is 0 Å². The van der Waals surface area contributed by atoms with E-state index in [4.69, 9.17) is 0 Å². The normalized spacial score (nSPS) is 18.1. The van der Waals surface area contributed by atoms with Crippen LogP contribution in [0.2, 0.25) is 0 Å². The maximum atomic E-state index is 13.6. The second-order valence-corrected chi connectivity index (χ2v) is 9.45. The number of hydrogen-bond acceptors (Lipinski definition) is 7. The molecule has 2 aliphatic rings. The van der Waals surface area contributed by atoms with Gasteiger partial charge in [0, 0.05) is 56.7 Å². The van der Waals surface area contributed by atoms with E-state index in [1.165, 1.54) is 0 Å². The lowest BCUT2D eigenvalue weighted by Gasteiger charge is -2.26. The van der Waals surface area contributed by atoms with Crippen molar-refractivity contribution in [2.24, 2.45) is 5.92 Å². The second kappa shape index (κ2) is 11.7. The van der Waals surface area contributed by atoms with Crippen molar-refractivity contribution in [3.8, 4) is 6.07 Å². The van der Waals surface area contributed by atoms with Crippen LogP contribution in [0.3, 0.4) is 0 Å². The van der Waals surface area contributed by atoms with E-state index >= 15 is 0 Å². The minimum absolute atomic E-state index is 0.0229. The molecule has 2 aliphatic heterocycles. The molecule has 0 saturated carbocycles. The Kier molecular flexibility index (Phi) is 8.36. The summed E-state index contributed by atoms with van der Waals surface area (Å²) in [5.41, 5.74) is 1.78. The number of rotatable bonds is 9. The lowest BCUT2D eigenvalue weighted by molar-refractivity contribution is -0.137. The maximum absolute atomic E-state index is 13.6. The summed E-state index contributed by atoms with van der Waals surface area (Å²) in [7, 11) is 0. The first-order chi connectivity index (χ1) is 17.8. The first-order valence-electron chi connectivity index (χ1n) is 12.8. The summed E-state index contributed by atoms with van der Waals surface area (Å²) >= 11 is 0. The standard InChI is InChI=1S/C26H32F3N7O/c1-2-19-14-20(36-13-9-18(15-30)17-36)7-8-22(19)33-25-32-16-21(26(27,28)29)24(34-25)31-10-5-12-35-11-4-3-6-23(35)37/h7-8,14,16,18H,2-6,9-13,17H2,1H3,(H2,31,32,33,34)/t18-/m0/s1. The number of nitrogens with one attached hydrogen (secondary N) is 2. The zero-order valence-electron chi connectivity index (χ0n) is 20.9. The Bertz CT molecular complexity index is 1150. The smallest absolute Gasteiger partial charge is 0.370 e. The Hall–Kier alpha value is -3.55. The van der Waals surface area contributed by atoms with E-state index in [0.717, 1.165) is 48.9 Å². The number of halogens is 3. The van der Waals surface area contributed by atoms with Crippen molar-refractivity contribution < 1.29 is 18.0 Å². The SMILES string of the molecule is CCc1cc(N2CC[C@@H](C#N)C2)ccc1Nc1ncc(C(F)(F)F)c(NCCCN2CCCCC2=O)n1. The third kappa shape index (κ3) is 6.61. The fourth-order valence-corrected chi connectivity index (χ4v) is 4.77. The number of nitriles is 1. The van der Waals surface area contributed by atoms with E-state index in [1.807, 2.05) is 25.1 Å². The summed E-state index contributed by atoms with van der Waals surface area (Å²) < 4.78 is 40.8. The highest BCUT2D eigenvalue weighted by atomic mass is 19.4. The van der Waals surface area contributed by atoms with Crippen LogP contribution in [-0.2, 0) is 17.4 Å². The number of amides is 1. The van der Waals surface area contributed by atoms with Gasteiger partial charge in [-0.1, -0.05) is 6.92 Å². The molecule has 8 nitrogen and oxygen atoms in total. The number of piperidine rings is 1. The molecule has 0 aliphatic carbocycles. The van der Waals surface area contributed by atoms with Crippen LogP contribution in [0, 0.1) is 17.2 Å². The van der Waals surface area contributed by atoms with Gasteiger partial charge in [-0.15, -0.1) is 0 Å². The van der Waals surface area contributed by atoms with Crippen LogP contribution in [0.5, 0.6) is 0 Å². The number of carbonyl (C=O) groups excluding carboxylic acids is 1. The van der Waals surface area contributed by atoms with Gasteiger partial charge < -0.3 is 20.4 Å². The third-order valence-electron chi connectivity index (χ3n) is 6.86. The molecule has 0 bridgehead atoms. The molecule has 2 aromatic rings. The van der Waals surface area contributed by atoms with Gasteiger partial charge in [0.1, 0.15) is 11.4 Å². The molecule has 2 fully saturated rings. The van der Waals surface area contributed by atoms with Gasteiger partial charge in [-0.05, 0) is 55.9 Å². The number of benzene rings is 1. The average Bonchev–Trinajstić information content (AvgIpc) is 3.37. The Balaban J connectivity index is 1.45. The number of likely N-dealkylation sites (tertiary alicyclic amines) is 1. The molecule has 0 radical (unpaired) electrons. The number of carbonyl (C=O) groups is 1. The summed E-state index contributed by atoms with van der Waals surface area (Å²) in [6.07, 6.45) is 0.619. The van der Waals surface area contributed by atoms with Crippen molar-refractivity contribution in [1.29, 1.82) is 5.26 Å². The number of alkyl halides is 3. The molecule has 0 spiro atoms. The Morgan fingerprint density at radius 3 is 2.78 bits per heavy atom. The highest BCUT2D eigenvalue weighted by Crippen LogP contribution is 2.35. The lowest BCUT2D eigenvalue weighted by Crippen LogP contribution is -2.36. The number of nitrogens with zero attached hydrogens (tertiary/aromatic N) is 5. The van der Waals surface area contributed by atoms with Crippen LogP contribution in [0.15, 0.2) is 24.4 Å². The summed E-state index contributed by atoms with van der Waals surface area (Å²) in [5, 5.41) is 15.1. The third-order valence-corrected chi connectivity index (χ3v) is 6.86. The topological polar surface area (TPSA) is 97.2 Å². The first kappa shape index (κ1) is 26.5. The van der Waals surface area contributed by atoms with Gasteiger partial charge in [0.2, 0.25) is 11.9 Å². The zero-order valence-corrected chi connectivity index (χ0v) is 20.9. The molecule has 198 valence electrons. The van der Waals surface area contributed by atoms with Crippen molar-refractivity contribution in [3.63, 3.8) is 0 Å². The lowest BCUT2D eigenvalue weighted by atomic mass is 10.1. The molecular weight excluding hydrogens is 483 g/mol. The number of aromatic nitrogens is 2. The molecule has 0 unspecified atom stereocenters. The summed E-state index contributed by atoms with van der Waals surface area (Å²) in [6.45, 7) is 4.95. The number of anilines is 4. The van der Waals surface area contributed by atoms with Gasteiger partial charge in [0.25, 0.3) is 0 Å². The summed E-state index contributed by atoms with van der Waals surface area (Å²) in [6, 6.07) is 8.16. The monoisotopic (exact) mass is 515 g/mol. The van der Waals surface area contributed by atoms with Crippen LogP contribution in [0.25, 0.3) is 0 Å². The van der Waals surface area contributed by atoms with E-state index in [0.29, 0.717) is 38.9 Å². The van der Waals surface area contributed by atoms with Crippen LogP contribution in [0.4, 0.5) is 36.3 Å². The molecule has 1 aromatic carbocycles. The van der Waals surface area contributed by atoms with Crippen LogP contribution < -0.4 is 15.5 Å². The molecule has 2 N–H and O–H groups in total. The Morgan fingerprint density at radius 1 is 1.24 bits per heavy atom. The van der Waals surface area contributed by atoms with Crippen molar-refractivity contribution in [1.82, 2.24) is 14.9 Å². The molecular formula is C26H32F3N7O. The Morgan fingerprint density at radius 2 is 2.08 bits per heavy atom. The molecule has 4 rings (SSSR count). The van der Waals surface area contributed by atoms with E-state index in [2.05, 4.69) is 31.6 Å². The van der Waals surface area contributed by atoms with Crippen LogP contribution in [-0.4, -0.2) is 53.5 Å². The molecule has 3 heterocycles. The van der Waals surface area contributed by atoms with E-state index < -0.39 is 11.7 Å². The van der Waals surface area contributed by atoms with Crippen molar-refractivity contribution in [3.05, 3.63) is 35.5 Å². The van der Waals surface area contributed by atoms with E-state index in [1.54, 1.807) is 4.90 Å². The van der Waals surface area contributed by atoms with Crippen LogP contribution >= 0.6 is 0 Å². The molecule has 1 aromatic heterocycles. The molecule has 2 saturated heterocycles. The number of aryl methyl sites for hydroxylation is 1. The molecule has 1 atom stereocenters. The quantitative estimate of drug-likeness (QED) is 0.456. The van der Waals surface area contributed by atoms with Gasteiger partial charge in [0.05, 0.1) is 12.0 Å². The predicted molar refractivity (Wildman–Crippen MR) is 136 cm³/mol. The largest absolute Gasteiger partial charge is 0.421 e. The van der Waals surface area contributed by atoms with E-state index in [9.17, 15) is 23.2 Å². The summed E-state index contributed by atoms with van der Waals surface area (Å²) in [4.78, 5) is 24.0. The zero-order chi connectivity index (χ0) is 26.4. The fraction of sp³-hybridized carbons (Fsp3) is 0.538.